The van der Waals surface area contributed by atoms with Crippen LogP contribution in [-0.4, -0.2) is 24.4 Å². The second kappa shape index (κ2) is 6.87. The fourth-order valence-electron chi connectivity index (χ4n) is 2.34. The van der Waals surface area contributed by atoms with E-state index >= 15 is 0 Å². The van der Waals surface area contributed by atoms with E-state index in [0.29, 0.717) is 24.0 Å². The monoisotopic (exact) mass is 268 g/mol. The standard InChI is InChI=1S/C15H21FO3/c1-11(17)14-10-12(16)6-7-15(14)19-9-3-5-13-4-2-8-18-13/h6-7,10-11,13,17H,2-5,8-9H2,1H3/t11-,13?/m0/s1. The number of hydrogen-bond donors (Lipinski definition) is 1. The first kappa shape index (κ1) is 14.3. The van der Waals surface area contributed by atoms with Gasteiger partial charge in [-0.05, 0) is 50.8 Å². The number of halogens is 1. The van der Waals surface area contributed by atoms with E-state index in [-0.39, 0.29) is 5.82 Å². The molecule has 1 aromatic rings. The Labute approximate surface area is 113 Å². The van der Waals surface area contributed by atoms with Gasteiger partial charge in [0.05, 0.1) is 18.8 Å². The molecule has 0 aliphatic carbocycles. The Hall–Kier alpha value is -1.13. The van der Waals surface area contributed by atoms with Crippen LogP contribution in [0, 0.1) is 5.82 Å². The van der Waals surface area contributed by atoms with Crippen molar-refractivity contribution in [1.29, 1.82) is 0 Å². The molecule has 0 amide bonds. The second-order valence-corrected chi connectivity index (χ2v) is 4.98. The van der Waals surface area contributed by atoms with E-state index in [2.05, 4.69) is 0 Å². The maximum Gasteiger partial charge on any atom is 0.125 e. The second-order valence-electron chi connectivity index (χ2n) is 4.98. The van der Waals surface area contributed by atoms with Gasteiger partial charge < -0.3 is 14.6 Å². The van der Waals surface area contributed by atoms with Crippen LogP contribution in [0.3, 0.4) is 0 Å². The molecule has 2 rings (SSSR count). The van der Waals surface area contributed by atoms with Crippen LogP contribution in [0.1, 0.15) is 44.3 Å². The largest absolute Gasteiger partial charge is 0.493 e. The molecule has 1 fully saturated rings. The van der Waals surface area contributed by atoms with Gasteiger partial charge in [-0.2, -0.15) is 0 Å². The Morgan fingerprint density at radius 1 is 1.53 bits per heavy atom. The van der Waals surface area contributed by atoms with E-state index in [1.165, 1.54) is 12.1 Å². The summed E-state index contributed by atoms with van der Waals surface area (Å²) in [5.41, 5.74) is 0.497. The van der Waals surface area contributed by atoms with E-state index in [9.17, 15) is 9.50 Å². The molecule has 0 bridgehead atoms. The van der Waals surface area contributed by atoms with E-state index < -0.39 is 6.10 Å². The Bertz CT molecular complexity index is 400. The normalized spacial score (nSPS) is 20.5. The van der Waals surface area contributed by atoms with Gasteiger partial charge >= 0.3 is 0 Å². The maximum absolute atomic E-state index is 13.1. The van der Waals surface area contributed by atoms with Crippen LogP contribution >= 0.6 is 0 Å². The maximum atomic E-state index is 13.1. The quantitative estimate of drug-likeness (QED) is 0.805. The molecule has 19 heavy (non-hydrogen) atoms. The van der Waals surface area contributed by atoms with Gasteiger partial charge in [0, 0.05) is 12.2 Å². The lowest BCUT2D eigenvalue weighted by Gasteiger charge is -2.14. The number of aliphatic hydroxyl groups is 1. The summed E-state index contributed by atoms with van der Waals surface area (Å²) in [6, 6.07) is 4.24. The first-order valence-corrected chi connectivity index (χ1v) is 6.88. The molecule has 1 unspecified atom stereocenters. The molecule has 0 aromatic heterocycles. The summed E-state index contributed by atoms with van der Waals surface area (Å²) in [7, 11) is 0. The molecular formula is C15H21FO3. The first-order chi connectivity index (χ1) is 9.16. The van der Waals surface area contributed by atoms with Crippen LogP contribution in [-0.2, 0) is 4.74 Å². The summed E-state index contributed by atoms with van der Waals surface area (Å²) < 4.78 is 24.3. The highest BCUT2D eigenvalue weighted by Gasteiger charge is 2.15. The Kier molecular flexibility index (Phi) is 5.16. The van der Waals surface area contributed by atoms with Crippen molar-refractivity contribution in [3.05, 3.63) is 29.6 Å². The number of ether oxygens (including phenoxy) is 2. The highest BCUT2D eigenvalue weighted by Crippen LogP contribution is 2.26. The zero-order chi connectivity index (χ0) is 13.7. The van der Waals surface area contributed by atoms with Crippen LogP contribution in [0.4, 0.5) is 4.39 Å². The molecule has 1 N–H and O–H groups in total. The molecule has 1 aliphatic heterocycles. The topological polar surface area (TPSA) is 38.7 Å². The number of aliphatic hydroxyl groups excluding tert-OH is 1. The average molecular weight is 268 g/mol. The third-order valence-corrected chi connectivity index (χ3v) is 3.37. The van der Waals surface area contributed by atoms with Gasteiger partial charge in [0.1, 0.15) is 11.6 Å². The van der Waals surface area contributed by atoms with Crippen LogP contribution in [0.15, 0.2) is 18.2 Å². The van der Waals surface area contributed by atoms with Gasteiger partial charge in [-0.1, -0.05) is 0 Å². The van der Waals surface area contributed by atoms with Gasteiger partial charge in [0.2, 0.25) is 0 Å². The van der Waals surface area contributed by atoms with Crippen molar-refractivity contribution in [2.75, 3.05) is 13.2 Å². The predicted octanol–water partition coefficient (Wildman–Crippen LogP) is 3.22. The predicted molar refractivity (Wildman–Crippen MR) is 70.7 cm³/mol. The molecule has 106 valence electrons. The summed E-state index contributed by atoms with van der Waals surface area (Å²) in [6.45, 7) is 3.04. The molecule has 4 heteroatoms. The number of rotatable bonds is 6. The third kappa shape index (κ3) is 4.18. The van der Waals surface area contributed by atoms with Crippen molar-refractivity contribution in [3.8, 4) is 5.75 Å². The Balaban J connectivity index is 1.81. The van der Waals surface area contributed by atoms with Crippen molar-refractivity contribution < 1.29 is 19.0 Å². The molecule has 0 spiro atoms. The fourth-order valence-corrected chi connectivity index (χ4v) is 2.34. The highest BCUT2D eigenvalue weighted by atomic mass is 19.1. The summed E-state index contributed by atoms with van der Waals surface area (Å²) in [5, 5.41) is 9.59. The Morgan fingerprint density at radius 2 is 2.37 bits per heavy atom. The van der Waals surface area contributed by atoms with E-state index in [1.54, 1.807) is 13.0 Å². The van der Waals surface area contributed by atoms with E-state index in [1.807, 2.05) is 0 Å². The summed E-state index contributed by atoms with van der Waals surface area (Å²) >= 11 is 0. The van der Waals surface area contributed by atoms with Gasteiger partial charge in [-0.15, -0.1) is 0 Å². The third-order valence-electron chi connectivity index (χ3n) is 3.37. The van der Waals surface area contributed by atoms with Crippen molar-refractivity contribution in [2.24, 2.45) is 0 Å². The first-order valence-electron chi connectivity index (χ1n) is 6.88. The van der Waals surface area contributed by atoms with Crippen molar-refractivity contribution in [3.63, 3.8) is 0 Å². The van der Waals surface area contributed by atoms with E-state index in [4.69, 9.17) is 9.47 Å². The van der Waals surface area contributed by atoms with Crippen LogP contribution in [0.2, 0.25) is 0 Å². The molecular weight excluding hydrogens is 247 g/mol. The van der Waals surface area contributed by atoms with Gasteiger partial charge in [0.15, 0.2) is 0 Å². The van der Waals surface area contributed by atoms with Crippen molar-refractivity contribution in [2.45, 2.75) is 44.8 Å². The number of benzene rings is 1. The minimum atomic E-state index is -0.733. The van der Waals surface area contributed by atoms with Gasteiger partial charge in [-0.3, -0.25) is 0 Å². The van der Waals surface area contributed by atoms with Crippen LogP contribution in [0.25, 0.3) is 0 Å². The van der Waals surface area contributed by atoms with Gasteiger partial charge in [-0.25, -0.2) is 4.39 Å². The fraction of sp³-hybridized carbons (Fsp3) is 0.600. The zero-order valence-corrected chi connectivity index (χ0v) is 11.3. The molecule has 1 heterocycles. The molecule has 0 radical (unpaired) electrons. The molecule has 2 atom stereocenters. The molecule has 3 nitrogen and oxygen atoms in total. The SMILES string of the molecule is C[C@H](O)c1cc(F)ccc1OCCCC1CCCO1. The minimum absolute atomic E-state index is 0.359. The lowest BCUT2D eigenvalue weighted by atomic mass is 10.1. The van der Waals surface area contributed by atoms with E-state index in [0.717, 1.165) is 32.3 Å². The molecule has 1 saturated heterocycles. The zero-order valence-electron chi connectivity index (χ0n) is 11.3. The molecule has 1 aromatic carbocycles. The smallest absolute Gasteiger partial charge is 0.125 e. The summed E-state index contributed by atoms with van der Waals surface area (Å²) in [5.74, 6) is 0.200. The average Bonchev–Trinajstić information content (AvgIpc) is 2.89. The lowest BCUT2D eigenvalue weighted by Crippen LogP contribution is -2.08. The lowest BCUT2D eigenvalue weighted by molar-refractivity contribution is 0.0978. The van der Waals surface area contributed by atoms with Gasteiger partial charge in [0.25, 0.3) is 0 Å². The highest BCUT2D eigenvalue weighted by molar-refractivity contribution is 5.35. The van der Waals surface area contributed by atoms with Crippen molar-refractivity contribution in [1.82, 2.24) is 0 Å². The van der Waals surface area contributed by atoms with Crippen LogP contribution in [0.5, 0.6) is 5.75 Å². The summed E-state index contributed by atoms with van der Waals surface area (Å²) in [6.07, 6.45) is 3.81. The Morgan fingerprint density at radius 3 is 3.05 bits per heavy atom. The summed E-state index contributed by atoms with van der Waals surface area (Å²) in [4.78, 5) is 0. The van der Waals surface area contributed by atoms with Crippen LogP contribution < -0.4 is 4.74 Å². The minimum Gasteiger partial charge on any atom is -0.493 e. The molecule has 1 aliphatic rings. The van der Waals surface area contributed by atoms with Crippen molar-refractivity contribution >= 4 is 0 Å². The molecule has 0 saturated carbocycles. The number of hydrogen-bond acceptors (Lipinski definition) is 3.